The zero-order valence-corrected chi connectivity index (χ0v) is 8.18. The molecule has 0 radical (unpaired) electrons. The molecule has 1 aromatic rings. The highest BCUT2D eigenvalue weighted by molar-refractivity contribution is 7.99. The number of thioether (sulfide) groups is 1. The molecule has 0 fully saturated rings. The highest BCUT2D eigenvalue weighted by Crippen LogP contribution is 2.23. The summed E-state index contributed by atoms with van der Waals surface area (Å²) in [4.78, 5) is 1.33. The van der Waals surface area contributed by atoms with Gasteiger partial charge in [0.05, 0.1) is 0 Å². The predicted octanol–water partition coefficient (Wildman–Crippen LogP) is 2.52. The lowest BCUT2D eigenvalue weighted by Gasteiger charge is -2.08. The SMILES string of the molecule is C[C@@H](CCN)Sc1ccccc1. The highest BCUT2D eigenvalue weighted by Gasteiger charge is 2.01. The lowest BCUT2D eigenvalue weighted by molar-refractivity contribution is 0.823. The van der Waals surface area contributed by atoms with E-state index in [9.17, 15) is 0 Å². The van der Waals surface area contributed by atoms with Gasteiger partial charge in [-0.3, -0.25) is 0 Å². The Hall–Kier alpha value is -0.470. The number of nitrogens with two attached hydrogens (primary N) is 1. The molecule has 66 valence electrons. The smallest absolute Gasteiger partial charge is 0.00780 e. The first-order valence-corrected chi connectivity index (χ1v) is 5.12. The molecule has 0 aliphatic heterocycles. The summed E-state index contributed by atoms with van der Waals surface area (Å²) in [5.74, 6) is 0. The van der Waals surface area contributed by atoms with E-state index in [4.69, 9.17) is 5.73 Å². The molecule has 0 aromatic heterocycles. The van der Waals surface area contributed by atoms with Gasteiger partial charge in [0.2, 0.25) is 0 Å². The summed E-state index contributed by atoms with van der Waals surface area (Å²) in [5.41, 5.74) is 5.47. The zero-order chi connectivity index (χ0) is 8.81. The summed E-state index contributed by atoms with van der Waals surface area (Å²) >= 11 is 1.89. The number of benzene rings is 1. The third kappa shape index (κ3) is 3.28. The van der Waals surface area contributed by atoms with Crippen molar-refractivity contribution in [1.82, 2.24) is 0 Å². The van der Waals surface area contributed by atoms with Crippen LogP contribution in [0.5, 0.6) is 0 Å². The van der Waals surface area contributed by atoms with Crippen LogP contribution in [0, 0.1) is 0 Å². The summed E-state index contributed by atoms with van der Waals surface area (Å²) in [6.07, 6.45) is 1.08. The van der Waals surface area contributed by atoms with Crippen LogP contribution in [-0.4, -0.2) is 11.8 Å². The fourth-order valence-electron chi connectivity index (χ4n) is 1.03. The molecule has 0 aliphatic carbocycles. The van der Waals surface area contributed by atoms with Crippen molar-refractivity contribution in [2.45, 2.75) is 23.5 Å². The lowest BCUT2D eigenvalue weighted by atomic mass is 10.3. The highest BCUT2D eigenvalue weighted by atomic mass is 32.2. The van der Waals surface area contributed by atoms with Crippen molar-refractivity contribution in [2.75, 3.05) is 6.54 Å². The van der Waals surface area contributed by atoms with Gasteiger partial charge < -0.3 is 5.73 Å². The Morgan fingerprint density at radius 3 is 2.58 bits per heavy atom. The molecule has 2 N–H and O–H groups in total. The average molecular weight is 181 g/mol. The van der Waals surface area contributed by atoms with Gasteiger partial charge in [0.25, 0.3) is 0 Å². The van der Waals surface area contributed by atoms with Gasteiger partial charge in [-0.05, 0) is 25.1 Å². The third-order valence-corrected chi connectivity index (χ3v) is 2.84. The summed E-state index contributed by atoms with van der Waals surface area (Å²) in [6.45, 7) is 2.99. The number of hydrogen-bond acceptors (Lipinski definition) is 2. The van der Waals surface area contributed by atoms with Gasteiger partial charge in [-0.15, -0.1) is 11.8 Å². The molecule has 0 aliphatic rings. The Balaban J connectivity index is 2.41. The Labute approximate surface area is 78.4 Å². The van der Waals surface area contributed by atoms with E-state index in [1.165, 1.54) is 4.90 Å². The molecule has 2 heteroatoms. The predicted molar refractivity (Wildman–Crippen MR) is 55.4 cm³/mol. The molecule has 1 aromatic carbocycles. The molecular formula is C10H15NS. The number of rotatable bonds is 4. The zero-order valence-electron chi connectivity index (χ0n) is 7.36. The van der Waals surface area contributed by atoms with E-state index in [0.29, 0.717) is 5.25 Å². The fourth-order valence-corrected chi connectivity index (χ4v) is 2.06. The van der Waals surface area contributed by atoms with E-state index >= 15 is 0 Å². The second kappa shape index (κ2) is 5.22. The first kappa shape index (κ1) is 9.62. The van der Waals surface area contributed by atoms with Crippen molar-refractivity contribution < 1.29 is 0 Å². The van der Waals surface area contributed by atoms with Gasteiger partial charge in [0.1, 0.15) is 0 Å². The summed E-state index contributed by atoms with van der Waals surface area (Å²) < 4.78 is 0. The van der Waals surface area contributed by atoms with E-state index in [1.807, 2.05) is 17.8 Å². The van der Waals surface area contributed by atoms with Crippen molar-refractivity contribution in [3.05, 3.63) is 30.3 Å². The van der Waals surface area contributed by atoms with Gasteiger partial charge in [0, 0.05) is 10.1 Å². The van der Waals surface area contributed by atoms with Crippen LogP contribution in [0.3, 0.4) is 0 Å². The average Bonchev–Trinajstić information content (AvgIpc) is 2.06. The molecule has 1 nitrogen and oxygen atoms in total. The van der Waals surface area contributed by atoms with Crippen LogP contribution in [0.2, 0.25) is 0 Å². The monoisotopic (exact) mass is 181 g/mol. The fraction of sp³-hybridized carbons (Fsp3) is 0.400. The van der Waals surface area contributed by atoms with Crippen molar-refractivity contribution >= 4 is 11.8 Å². The van der Waals surface area contributed by atoms with Crippen molar-refractivity contribution in [3.63, 3.8) is 0 Å². The summed E-state index contributed by atoms with van der Waals surface area (Å²) in [7, 11) is 0. The van der Waals surface area contributed by atoms with Crippen LogP contribution in [0.1, 0.15) is 13.3 Å². The maximum atomic E-state index is 5.47. The Kier molecular flexibility index (Phi) is 4.19. The van der Waals surface area contributed by atoms with E-state index < -0.39 is 0 Å². The molecule has 12 heavy (non-hydrogen) atoms. The molecule has 0 amide bonds. The van der Waals surface area contributed by atoms with Crippen molar-refractivity contribution in [1.29, 1.82) is 0 Å². The van der Waals surface area contributed by atoms with Crippen LogP contribution in [-0.2, 0) is 0 Å². The third-order valence-electron chi connectivity index (χ3n) is 1.65. The second-order valence-electron chi connectivity index (χ2n) is 2.82. The Morgan fingerprint density at radius 2 is 2.00 bits per heavy atom. The topological polar surface area (TPSA) is 26.0 Å². The minimum atomic E-state index is 0.623. The second-order valence-corrected chi connectivity index (χ2v) is 4.33. The van der Waals surface area contributed by atoms with Crippen LogP contribution < -0.4 is 5.73 Å². The van der Waals surface area contributed by atoms with Crippen molar-refractivity contribution in [2.24, 2.45) is 5.73 Å². The molecule has 0 unspecified atom stereocenters. The maximum Gasteiger partial charge on any atom is 0.00780 e. The molecule has 0 saturated heterocycles. The maximum absolute atomic E-state index is 5.47. The molecular weight excluding hydrogens is 166 g/mol. The van der Waals surface area contributed by atoms with Gasteiger partial charge in [-0.1, -0.05) is 25.1 Å². The van der Waals surface area contributed by atoms with E-state index in [0.717, 1.165) is 13.0 Å². The molecule has 1 atom stereocenters. The van der Waals surface area contributed by atoms with E-state index in [2.05, 4.69) is 31.2 Å². The molecule has 0 saturated carbocycles. The molecule has 0 bridgehead atoms. The Morgan fingerprint density at radius 1 is 1.33 bits per heavy atom. The largest absolute Gasteiger partial charge is 0.330 e. The summed E-state index contributed by atoms with van der Waals surface area (Å²) in [6, 6.07) is 10.4. The normalized spacial score (nSPS) is 12.8. The quantitative estimate of drug-likeness (QED) is 0.722. The molecule has 0 heterocycles. The van der Waals surface area contributed by atoms with Crippen LogP contribution in [0.15, 0.2) is 35.2 Å². The minimum absolute atomic E-state index is 0.623. The Bertz CT molecular complexity index is 210. The number of hydrogen-bond donors (Lipinski definition) is 1. The van der Waals surface area contributed by atoms with Crippen LogP contribution in [0.25, 0.3) is 0 Å². The van der Waals surface area contributed by atoms with E-state index in [-0.39, 0.29) is 0 Å². The van der Waals surface area contributed by atoms with Crippen LogP contribution >= 0.6 is 11.8 Å². The van der Waals surface area contributed by atoms with Gasteiger partial charge in [-0.25, -0.2) is 0 Å². The van der Waals surface area contributed by atoms with Crippen LogP contribution in [0.4, 0.5) is 0 Å². The lowest BCUT2D eigenvalue weighted by Crippen LogP contribution is -2.06. The van der Waals surface area contributed by atoms with Gasteiger partial charge in [0.15, 0.2) is 0 Å². The van der Waals surface area contributed by atoms with Gasteiger partial charge >= 0.3 is 0 Å². The van der Waals surface area contributed by atoms with Gasteiger partial charge in [-0.2, -0.15) is 0 Å². The van der Waals surface area contributed by atoms with Crippen molar-refractivity contribution in [3.8, 4) is 0 Å². The molecule has 1 rings (SSSR count). The first-order chi connectivity index (χ1) is 5.83. The molecule has 0 spiro atoms. The van der Waals surface area contributed by atoms with E-state index in [1.54, 1.807) is 0 Å². The minimum Gasteiger partial charge on any atom is -0.330 e. The summed E-state index contributed by atoms with van der Waals surface area (Å²) in [5, 5.41) is 0.623. The standard InChI is InChI=1S/C10H15NS/c1-9(7-8-11)12-10-5-3-2-4-6-10/h2-6,9H,7-8,11H2,1H3/t9-/m0/s1. The first-order valence-electron chi connectivity index (χ1n) is 4.24.